The zero-order valence-electron chi connectivity index (χ0n) is 10.9. The van der Waals surface area contributed by atoms with Gasteiger partial charge in [0.25, 0.3) is 0 Å². The van der Waals surface area contributed by atoms with Crippen molar-refractivity contribution in [3.05, 3.63) is 0 Å². The molecule has 1 fully saturated rings. The van der Waals surface area contributed by atoms with Gasteiger partial charge in [-0.1, -0.05) is 6.92 Å². The molecule has 1 rings (SSSR count). The minimum atomic E-state index is -1.07. The number of likely N-dealkylation sites (tertiary alicyclic amines) is 1. The van der Waals surface area contributed by atoms with E-state index in [9.17, 15) is 19.2 Å². The number of nitrogens with zero attached hydrogens (tertiary/aromatic N) is 2. The van der Waals surface area contributed by atoms with Crippen molar-refractivity contribution in [1.29, 1.82) is 0 Å². The SMILES string of the molecule is CCCN(CC(=O)O)C(=O)CCN1C(=O)CCC1=O. The summed E-state index contributed by atoms with van der Waals surface area (Å²) in [6.07, 6.45) is 1.02. The number of rotatable bonds is 7. The van der Waals surface area contributed by atoms with Crippen molar-refractivity contribution in [2.75, 3.05) is 19.6 Å². The van der Waals surface area contributed by atoms with Gasteiger partial charge in [-0.2, -0.15) is 0 Å². The number of aliphatic carboxylic acids is 1. The molecule has 0 bridgehead atoms. The first-order valence-corrected chi connectivity index (χ1v) is 6.28. The lowest BCUT2D eigenvalue weighted by Gasteiger charge is -2.21. The first-order chi connectivity index (χ1) is 8.95. The van der Waals surface area contributed by atoms with Crippen LogP contribution in [0.15, 0.2) is 0 Å². The maximum atomic E-state index is 11.9. The van der Waals surface area contributed by atoms with Crippen LogP contribution >= 0.6 is 0 Å². The van der Waals surface area contributed by atoms with Crippen molar-refractivity contribution in [3.8, 4) is 0 Å². The molecular formula is C12H18N2O5. The smallest absolute Gasteiger partial charge is 0.323 e. The minimum Gasteiger partial charge on any atom is -0.480 e. The molecule has 1 saturated heterocycles. The molecule has 0 aliphatic carbocycles. The van der Waals surface area contributed by atoms with Gasteiger partial charge in [0.05, 0.1) is 0 Å². The lowest BCUT2D eigenvalue weighted by Crippen LogP contribution is -2.39. The second-order valence-electron chi connectivity index (χ2n) is 4.40. The number of amides is 3. The molecule has 1 aliphatic rings. The molecule has 1 aliphatic heterocycles. The average molecular weight is 270 g/mol. The number of hydrogen-bond acceptors (Lipinski definition) is 4. The van der Waals surface area contributed by atoms with Gasteiger partial charge < -0.3 is 10.0 Å². The third-order valence-electron chi connectivity index (χ3n) is 2.88. The first-order valence-electron chi connectivity index (χ1n) is 6.28. The Morgan fingerprint density at radius 1 is 1.26 bits per heavy atom. The van der Waals surface area contributed by atoms with Gasteiger partial charge in [0.2, 0.25) is 17.7 Å². The Morgan fingerprint density at radius 3 is 2.32 bits per heavy atom. The van der Waals surface area contributed by atoms with Crippen molar-refractivity contribution in [3.63, 3.8) is 0 Å². The number of carboxylic acid groups (broad SMARTS) is 1. The van der Waals surface area contributed by atoms with Gasteiger partial charge >= 0.3 is 5.97 Å². The molecular weight excluding hydrogens is 252 g/mol. The second kappa shape index (κ2) is 6.86. The Hall–Kier alpha value is -1.92. The molecule has 1 heterocycles. The minimum absolute atomic E-state index is 0.0231. The average Bonchev–Trinajstić information content (AvgIpc) is 2.65. The summed E-state index contributed by atoms with van der Waals surface area (Å²) in [4.78, 5) is 47.5. The van der Waals surface area contributed by atoms with Gasteiger partial charge in [-0.15, -0.1) is 0 Å². The third kappa shape index (κ3) is 4.35. The molecule has 0 aromatic carbocycles. The molecule has 0 saturated carbocycles. The van der Waals surface area contributed by atoms with E-state index in [2.05, 4.69) is 0 Å². The number of carbonyl (C=O) groups excluding carboxylic acids is 3. The lowest BCUT2D eigenvalue weighted by atomic mass is 10.3. The summed E-state index contributed by atoms with van der Waals surface area (Å²) in [6, 6.07) is 0. The summed E-state index contributed by atoms with van der Waals surface area (Å²) in [5, 5.41) is 8.71. The molecule has 7 nitrogen and oxygen atoms in total. The van der Waals surface area contributed by atoms with E-state index in [1.807, 2.05) is 6.92 Å². The normalized spacial score (nSPS) is 14.9. The quantitative estimate of drug-likeness (QED) is 0.649. The van der Waals surface area contributed by atoms with E-state index in [-0.39, 0.29) is 50.1 Å². The van der Waals surface area contributed by atoms with Gasteiger partial charge in [-0.3, -0.25) is 24.1 Å². The molecule has 0 spiro atoms. The van der Waals surface area contributed by atoms with Crippen LogP contribution in [0.4, 0.5) is 0 Å². The van der Waals surface area contributed by atoms with Gasteiger partial charge in [-0.05, 0) is 6.42 Å². The van der Waals surface area contributed by atoms with E-state index < -0.39 is 5.97 Å². The molecule has 3 amide bonds. The van der Waals surface area contributed by atoms with Crippen LogP contribution in [0.3, 0.4) is 0 Å². The van der Waals surface area contributed by atoms with Gasteiger partial charge in [-0.25, -0.2) is 0 Å². The molecule has 1 N–H and O–H groups in total. The zero-order chi connectivity index (χ0) is 14.4. The monoisotopic (exact) mass is 270 g/mol. The van der Waals surface area contributed by atoms with E-state index in [4.69, 9.17) is 5.11 Å². The van der Waals surface area contributed by atoms with Gasteiger partial charge in [0, 0.05) is 32.4 Å². The topological polar surface area (TPSA) is 95.0 Å². The van der Waals surface area contributed by atoms with Crippen LogP contribution in [-0.4, -0.2) is 58.2 Å². The van der Waals surface area contributed by atoms with Crippen LogP contribution in [0, 0.1) is 0 Å². The third-order valence-corrected chi connectivity index (χ3v) is 2.88. The molecule has 0 aromatic heterocycles. The van der Waals surface area contributed by atoms with E-state index in [0.29, 0.717) is 13.0 Å². The molecule has 106 valence electrons. The summed E-state index contributed by atoms with van der Waals surface area (Å²) in [5.74, 6) is -1.96. The summed E-state index contributed by atoms with van der Waals surface area (Å²) in [7, 11) is 0. The van der Waals surface area contributed by atoms with Crippen molar-refractivity contribution in [1.82, 2.24) is 9.80 Å². The summed E-state index contributed by atoms with van der Waals surface area (Å²) < 4.78 is 0. The zero-order valence-corrected chi connectivity index (χ0v) is 10.9. The predicted octanol–water partition coefficient (Wildman–Crippen LogP) is -0.151. The van der Waals surface area contributed by atoms with E-state index in [0.717, 1.165) is 4.90 Å². The highest BCUT2D eigenvalue weighted by molar-refractivity contribution is 6.02. The highest BCUT2D eigenvalue weighted by Gasteiger charge is 2.29. The molecule has 0 radical (unpaired) electrons. The van der Waals surface area contributed by atoms with Crippen LogP contribution in [0.5, 0.6) is 0 Å². The molecule has 0 aromatic rings. The Labute approximate surface area is 111 Å². The standard InChI is InChI=1S/C12H18N2O5/c1-2-6-13(8-12(18)19)9(15)5-7-14-10(16)3-4-11(14)17/h2-8H2,1H3,(H,18,19). The van der Waals surface area contributed by atoms with Crippen LogP contribution in [0.25, 0.3) is 0 Å². The van der Waals surface area contributed by atoms with Crippen LogP contribution < -0.4 is 0 Å². The lowest BCUT2D eigenvalue weighted by molar-refractivity contribution is -0.145. The summed E-state index contributed by atoms with van der Waals surface area (Å²) in [6.45, 7) is 1.88. The maximum Gasteiger partial charge on any atom is 0.323 e. The fourth-order valence-electron chi connectivity index (χ4n) is 1.96. The maximum absolute atomic E-state index is 11.9. The van der Waals surface area contributed by atoms with Crippen molar-refractivity contribution in [2.45, 2.75) is 32.6 Å². The fraction of sp³-hybridized carbons (Fsp3) is 0.667. The Morgan fingerprint density at radius 2 is 1.84 bits per heavy atom. The Bertz CT molecular complexity index is 378. The van der Waals surface area contributed by atoms with Crippen molar-refractivity contribution < 1.29 is 24.3 Å². The molecule has 7 heteroatoms. The van der Waals surface area contributed by atoms with E-state index >= 15 is 0 Å². The molecule has 19 heavy (non-hydrogen) atoms. The van der Waals surface area contributed by atoms with Crippen molar-refractivity contribution in [2.24, 2.45) is 0 Å². The van der Waals surface area contributed by atoms with Gasteiger partial charge in [0.15, 0.2) is 0 Å². The predicted molar refractivity (Wildman–Crippen MR) is 65.1 cm³/mol. The Balaban J connectivity index is 2.49. The van der Waals surface area contributed by atoms with Crippen molar-refractivity contribution >= 4 is 23.7 Å². The largest absolute Gasteiger partial charge is 0.480 e. The molecule has 0 unspecified atom stereocenters. The van der Waals surface area contributed by atoms with E-state index in [1.54, 1.807) is 0 Å². The molecule has 0 atom stereocenters. The number of carboxylic acids is 1. The van der Waals surface area contributed by atoms with Crippen LogP contribution in [0.2, 0.25) is 0 Å². The summed E-state index contributed by atoms with van der Waals surface area (Å²) in [5.41, 5.74) is 0. The Kier molecular flexibility index (Phi) is 5.47. The van der Waals surface area contributed by atoms with E-state index in [1.165, 1.54) is 4.90 Å². The summed E-state index contributed by atoms with van der Waals surface area (Å²) >= 11 is 0. The van der Waals surface area contributed by atoms with Crippen LogP contribution in [-0.2, 0) is 19.2 Å². The highest BCUT2D eigenvalue weighted by atomic mass is 16.4. The highest BCUT2D eigenvalue weighted by Crippen LogP contribution is 2.12. The first kappa shape index (κ1) is 15.1. The fourth-order valence-corrected chi connectivity index (χ4v) is 1.96. The van der Waals surface area contributed by atoms with Crippen LogP contribution in [0.1, 0.15) is 32.6 Å². The number of hydrogen-bond donors (Lipinski definition) is 1. The second-order valence-corrected chi connectivity index (χ2v) is 4.40. The number of imide groups is 1. The number of carbonyl (C=O) groups is 4. The van der Waals surface area contributed by atoms with Gasteiger partial charge in [0.1, 0.15) is 6.54 Å².